The van der Waals surface area contributed by atoms with Crippen LogP contribution in [0.25, 0.3) is 0 Å². The maximum absolute atomic E-state index is 10.9. The highest BCUT2D eigenvalue weighted by atomic mass is 16.6. The Labute approximate surface area is 126 Å². The highest BCUT2D eigenvalue weighted by molar-refractivity contribution is 5.56. The molecule has 0 amide bonds. The average molecular weight is 295 g/mol. The minimum Gasteiger partial charge on any atom is -0.496 e. The minimum absolute atomic E-state index is 0.0291. The van der Waals surface area contributed by atoms with E-state index in [9.17, 15) is 10.1 Å². The summed E-state index contributed by atoms with van der Waals surface area (Å²) < 4.78 is 5.09. The summed E-state index contributed by atoms with van der Waals surface area (Å²) in [5.41, 5.74) is 0.731. The topological polar surface area (TPSA) is 67.6 Å². The Morgan fingerprint density at radius 2 is 1.86 bits per heavy atom. The van der Waals surface area contributed by atoms with E-state index in [0.29, 0.717) is 23.5 Å². The van der Waals surface area contributed by atoms with Crippen molar-refractivity contribution in [2.75, 3.05) is 25.5 Å². The first-order valence-electron chi connectivity index (χ1n) is 7.18. The molecule has 1 rings (SSSR count). The smallest absolute Gasteiger partial charge is 0.275 e. The Bertz CT molecular complexity index is 467. The van der Waals surface area contributed by atoms with Crippen molar-refractivity contribution in [2.24, 2.45) is 0 Å². The van der Waals surface area contributed by atoms with Crippen LogP contribution in [0, 0.1) is 10.1 Å². The molecule has 0 aliphatic heterocycles. The number of rotatable bonds is 8. The zero-order valence-corrected chi connectivity index (χ0v) is 13.4. The number of nitrogens with zero attached hydrogens (tertiary/aromatic N) is 2. The van der Waals surface area contributed by atoms with Crippen molar-refractivity contribution in [3.63, 3.8) is 0 Å². The highest BCUT2D eigenvalue weighted by Gasteiger charge is 2.13. The lowest BCUT2D eigenvalue weighted by Gasteiger charge is -2.30. The molecule has 0 saturated carbocycles. The van der Waals surface area contributed by atoms with E-state index in [1.165, 1.54) is 19.2 Å². The van der Waals surface area contributed by atoms with Crippen molar-refractivity contribution in [2.45, 2.75) is 39.8 Å². The average Bonchev–Trinajstić information content (AvgIpc) is 2.42. The van der Waals surface area contributed by atoms with Crippen LogP contribution in [0.4, 0.5) is 11.4 Å². The normalized spacial score (nSPS) is 11.2. The molecule has 0 atom stereocenters. The van der Waals surface area contributed by atoms with Gasteiger partial charge < -0.3 is 10.1 Å². The molecule has 0 aromatic heterocycles. The van der Waals surface area contributed by atoms with Gasteiger partial charge in [-0.3, -0.25) is 15.0 Å². The Kier molecular flexibility index (Phi) is 6.42. The lowest BCUT2D eigenvalue weighted by atomic mass is 10.2. The Hall–Kier alpha value is -1.82. The number of hydrogen-bond acceptors (Lipinski definition) is 5. The van der Waals surface area contributed by atoms with Gasteiger partial charge in [0.15, 0.2) is 0 Å². The van der Waals surface area contributed by atoms with Crippen molar-refractivity contribution < 1.29 is 9.66 Å². The number of ether oxygens (including phenoxy) is 1. The number of nitro benzene ring substituents is 1. The second-order valence-corrected chi connectivity index (χ2v) is 5.53. The van der Waals surface area contributed by atoms with Crippen molar-refractivity contribution in [1.82, 2.24) is 4.90 Å². The summed E-state index contributed by atoms with van der Waals surface area (Å²) in [5.74, 6) is 0.483. The SMILES string of the molecule is COc1cc(NCCN(C(C)C)C(C)C)cc([N+](=O)[O-])c1. The van der Waals surface area contributed by atoms with Crippen LogP contribution in [-0.4, -0.2) is 42.1 Å². The number of methoxy groups -OCH3 is 1. The van der Waals surface area contributed by atoms with Crippen molar-refractivity contribution in [3.05, 3.63) is 28.3 Å². The Balaban J connectivity index is 2.70. The largest absolute Gasteiger partial charge is 0.496 e. The number of non-ortho nitro benzene ring substituents is 1. The summed E-state index contributed by atoms with van der Waals surface area (Å²) in [6.07, 6.45) is 0. The third kappa shape index (κ3) is 5.23. The molecule has 0 saturated heterocycles. The third-order valence-corrected chi connectivity index (χ3v) is 3.36. The first kappa shape index (κ1) is 17.2. The van der Waals surface area contributed by atoms with E-state index >= 15 is 0 Å². The van der Waals surface area contributed by atoms with Gasteiger partial charge in [-0.15, -0.1) is 0 Å². The molecular weight excluding hydrogens is 270 g/mol. The van der Waals surface area contributed by atoms with Gasteiger partial charge in [-0.25, -0.2) is 0 Å². The fourth-order valence-electron chi connectivity index (χ4n) is 2.35. The predicted molar refractivity (Wildman–Crippen MR) is 85.1 cm³/mol. The second-order valence-electron chi connectivity index (χ2n) is 5.53. The first-order chi connectivity index (χ1) is 9.85. The van der Waals surface area contributed by atoms with E-state index in [1.54, 1.807) is 6.07 Å². The van der Waals surface area contributed by atoms with Gasteiger partial charge in [0.1, 0.15) is 5.75 Å². The molecule has 0 unspecified atom stereocenters. The van der Waals surface area contributed by atoms with Crippen molar-refractivity contribution in [3.8, 4) is 5.75 Å². The molecule has 0 aliphatic rings. The van der Waals surface area contributed by atoms with Crippen LogP contribution in [0.15, 0.2) is 18.2 Å². The standard InChI is InChI=1S/C15H25N3O3/c1-11(2)17(12(3)4)7-6-16-13-8-14(18(19)20)10-15(9-13)21-5/h8-12,16H,6-7H2,1-5H3. The van der Waals surface area contributed by atoms with Gasteiger partial charge in [0.05, 0.1) is 18.1 Å². The van der Waals surface area contributed by atoms with Crippen LogP contribution in [0.2, 0.25) is 0 Å². The zero-order chi connectivity index (χ0) is 16.0. The van der Waals surface area contributed by atoms with E-state index in [-0.39, 0.29) is 5.69 Å². The quantitative estimate of drug-likeness (QED) is 0.589. The van der Waals surface area contributed by atoms with E-state index in [4.69, 9.17) is 4.74 Å². The van der Waals surface area contributed by atoms with Gasteiger partial charge in [-0.1, -0.05) is 0 Å². The molecule has 6 nitrogen and oxygen atoms in total. The third-order valence-electron chi connectivity index (χ3n) is 3.36. The number of nitrogens with one attached hydrogen (secondary N) is 1. The van der Waals surface area contributed by atoms with Gasteiger partial charge >= 0.3 is 0 Å². The van der Waals surface area contributed by atoms with Gasteiger partial charge in [-0.05, 0) is 27.7 Å². The molecule has 21 heavy (non-hydrogen) atoms. The van der Waals surface area contributed by atoms with Crippen LogP contribution >= 0.6 is 0 Å². The van der Waals surface area contributed by atoms with Crippen molar-refractivity contribution >= 4 is 11.4 Å². The summed E-state index contributed by atoms with van der Waals surface area (Å²) in [6, 6.07) is 5.64. The lowest BCUT2D eigenvalue weighted by molar-refractivity contribution is -0.384. The number of anilines is 1. The summed E-state index contributed by atoms with van der Waals surface area (Å²) in [4.78, 5) is 12.8. The van der Waals surface area contributed by atoms with E-state index in [1.807, 2.05) is 0 Å². The molecule has 118 valence electrons. The Morgan fingerprint density at radius 1 is 1.24 bits per heavy atom. The number of hydrogen-bond donors (Lipinski definition) is 1. The van der Waals surface area contributed by atoms with Crippen LogP contribution in [-0.2, 0) is 0 Å². The summed E-state index contributed by atoms with van der Waals surface area (Å²) in [5, 5.41) is 14.1. The summed E-state index contributed by atoms with van der Waals surface area (Å²) in [6.45, 7) is 10.3. The van der Waals surface area contributed by atoms with Gasteiger partial charge in [0.2, 0.25) is 0 Å². The van der Waals surface area contributed by atoms with E-state index in [2.05, 4.69) is 37.9 Å². The monoisotopic (exact) mass is 295 g/mol. The maximum atomic E-state index is 10.9. The lowest BCUT2D eigenvalue weighted by Crippen LogP contribution is -2.40. The molecule has 0 spiro atoms. The zero-order valence-electron chi connectivity index (χ0n) is 13.4. The van der Waals surface area contributed by atoms with Crippen LogP contribution in [0.5, 0.6) is 5.75 Å². The van der Waals surface area contributed by atoms with E-state index < -0.39 is 4.92 Å². The molecule has 0 aliphatic carbocycles. The van der Waals surface area contributed by atoms with Crippen LogP contribution in [0.1, 0.15) is 27.7 Å². The van der Waals surface area contributed by atoms with Gasteiger partial charge in [0, 0.05) is 43.0 Å². The summed E-state index contributed by atoms with van der Waals surface area (Å²) in [7, 11) is 1.50. The highest BCUT2D eigenvalue weighted by Crippen LogP contribution is 2.25. The van der Waals surface area contributed by atoms with Crippen molar-refractivity contribution in [1.29, 1.82) is 0 Å². The molecule has 0 heterocycles. The molecule has 1 N–H and O–H groups in total. The fourth-order valence-corrected chi connectivity index (χ4v) is 2.35. The molecule has 0 bridgehead atoms. The Morgan fingerprint density at radius 3 is 2.33 bits per heavy atom. The molecule has 0 fully saturated rings. The maximum Gasteiger partial charge on any atom is 0.275 e. The molecule has 6 heteroatoms. The van der Waals surface area contributed by atoms with Gasteiger partial charge in [-0.2, -0.15) is 0 Å². The fraction of sp³-hybridized carbons (Fsp3) is 0.600. The van der Waals surface area contributed by atoms with E-state index in [0.717, 1.165) is 13.1 Å². The van der Waals surface area contributed by atoms with Gasteiger partial charge in [0.25, 0.3) is 5.69 Å². The minimum atomic E-state index is -0.414. The first-order valence-corrected chi connectivity index (χ1v) is 7.18. The number of nitro groups is 1. The van der Waals surface area contributed by atoms with Crippen LogP contribution < -0.4 is 10.1 Å². The molecule has 0 radical (unpaired) electrons. The van der Waals surface area contributed by atoms with Crippen LogP contribution in [0.3, 0.4) is 0 Å². The molecular formula is C15H25N3O3. The summed E-state index contributed by atoms with van der Waals surface area (Å²) >= 11 is 0. The molecule has 1 aromatic carbocycles. The number of benzene rings is 1. The predicted octanol–water partition coefficient (Wildman–Crippen LogP) is 3.13. The second kappa shape index (κ2) is 7.83. The molecule has 1 aromatic rings.